The van der Waals surface area contributed by atoms with Crippen LogP contribution in [0.5, 0.6) is 0 Å². The zero-order valence-electron chi connectivity index (χ0n) is 12.9. The highest BCUT2D eigenvalue weighted by Gasteiger charge is 2.15. The lowest BCUT2D eigenvalue weighted by Gasteiger charge is -2.10. The van der Waals surface area contributed by atoms with Crippen LogP contribution in [0, 0.1) is 0 Å². The number of rotatable bonds is 2. The van der Waals surface area contributed by atoms with E-state index in [1.807, 2.05) is 0 Å². The highest BCUT2D eigenvalue weighted by atomic mass is 32.1. The third-order valence-electron chi connectivity index (χ3n) is 4.16. The zero-order valence-corrected chi connectivity index (χ0v) is 13.7. The van der Waals surface area contributed by atoms with Gasteiger partial charge in [-0.25, -0.2) is 4.98 Å². The van der Waals surface area contributed by atoms with Gasteiger partial charge in [0.2, 0.25) is 5.13 Å². The molecule has 0 radical (unpaired) electrons. The number of carbonyl (C=O) groups excluding carboxylic acids is 1. The van der Waals surface area contributed by atoms with Crippen molar-refractivity contribution in [2.75, 3.05) is 5.32 Å². The number of nitrogens with one attached hydrogen (secondary N) is 1. The number of benzene rings is 1. The molecule has 1 aliphatic rings. The molecule has 1 aromatic carbocycles. The van der Waals surface area contributed by atoms with Crippen molar-refractivity contribution in [3.8, 4) is 0 Å². The first-order valence-corrected chi connectivity index (χ1v) is 8.71. The van der Waals surface area contributed by atoms with E-state index in [0.29, 0.717) is 21.6 Å². The maximum Gasteiger partial charge on any atom is 0.261 e. The van der Waals surface area contributed by atoms with Crippen LogP contribution in [0.15, 0.2) is 28.5 Å². The van der Waals surface area contributed by atoms with Crippen LogP contribution in [0.4, 0.5) is 5.13 Å². The molecule has 0 saturated heterocycles. The monoisotopic (exact) mass is 341 g/mol. The van der Waals surface area contributed by atoms with E-state index in [9.17, 15) is 9.59 Å². The Morgan fingerprint density at radius 2 is 2.17 bits per heavy atom. The van der Waals surface area contributed by atoms with Gasteiger partial charge in [-0.15, -0.1) is 10.2 Å². The molecule has 4 rings (SSSR count). The lowest BCUT2D eigenvalue weighted by molar-refractivity contribution is 0.102. The number of aryl methyl sites for hydroxylation is 1. The molecule has 0 bridgehead atoms. The number of fused-ring (bicyclic) bond motifs is 2. The Morgan fingerprint density at radius 1 is 1.25 bits per heavy atom. The van der Waals surface area contributed by atoms with Gasteiger partial charge in [0.15, 0.2) is 0 Å². The summed E-state index contributed by atoms with van der Waals surface area (Å²) < 4.78 is 1.77. The molecule has 7 nitrogen and oxygen atoms in total. The second-order valence-electron chi connectivity index (χ2n) is 5.73. The molecule has 1 aliphatic heterocycles. The predicted octanol–water partition coefficient (Wildman–Crippen LogP) is 2.23. The predicted molar refractivity (Wildman–Crippen MR) is 91.4 cm³/mol. The van der Waals surface area contributed by atoms with Crippen molar-refractivity contribution in [1.82, 2.24) is 19.7 Å². The van der Waals surface area contributed by atoms with Crippen LogP contribution in [-0.2, 0) is 13.0 Å². The Labute approximate surface area is 141 Å². The second-order valence-corrected chi connectivity index (χ2v) is 6.56. The fourth-order valence-electron chi connectivity index (χ4n) is 2.96. The number of carbonyl (C=O) groups is 1. The van der Waals surface area contributed by atoms with Gasteiger partial charge in [-0.05, 0) is 31.0 Å². The second kappa shape index (κ2) is 6.12. The number of nitrogens with zero attached hydrogens (tertiary/aromatic N) is 4. The maximum absolute atomic E-state index is 12.7. The van der Waals surface area contributed by atoms with Crippen molar-refractivity contribution in [3.05, 3.63) is 45.5 Å². The van der Waals surface area contributed by atoms with Gasteiger partial charge >= 0.3 is 0 Å². The molecular formula is C16H15N5O2S. The molecule has 24 heavy (non-hydrogen) atoms. The van der Waals surface area contributed by atoms with E-state index in [-0.39, 0.29) is 11.5 Å². The molecule has 1 amide bonds. The molecule has 0 atom stereocenters. The Bertz CT molecular complexity index is 965. The number of amides is 1. The number of anilines is 1. The average molecular weight is 341 g/mol. The highest BCUT2D eigenvalue weighted by molar-refractivity contribution is 7.13. The first-order valence-electron chi connectivity index (χ1n) is 7.83. The Morgan fingerprint density at radius 3 is 3.00 bits per heavy atom. The normalized spacial score (nSPS) is 14.2. The summed E-state index contributed by atoms with van der Waals surface area (Å²) in [6.45, 7) is 0.719. The molecule has 0 saturated carbocycles. The standard InChI is InChI=1S/C16H15N5O2S/c22-14(19-16-20-17-9-24-16)10-5-6-11-12(8-10)18-13-4-2-1-3-7-21(13)15(11)23/h5-6,8-9H,1-4,7H2,(H,19,20,22). The average Bonchev–Trinajstić information content (AvgIpc) is 2.98. The van der Waals surface area contributed by atoms with Crippen molar-refractivity contribution >= 4 is 33.3 Å². The summed E-state index contributed by atoms with van der Waals surface area (Å²) in [5, 5.41) is 11.2. The summed E-state index contributed by atoms with van der Waals surface area (Å²) in [6, 6.07) is 4.99. The van der Waals surface area contributed by atoms with Crippen molar-refractivity contribution in [3.63, 3.8) is 0 Å². The topological polar surface area (TPSA) is 89.8 Å². The SMILES string of the molecule is O=C(Nc1nncs1)c1ccc2c(=O)n3c(nc2c1)CCCCC3. The Hall–Kier alpha value is -2.61. The van der Waals surface area contributed by atoms with Gasteiger partial charge in [-0.1, -0.05) is 17.8 Å². The van der Waals surface area contributed by atoms with Crippen molar-refractivity contribution in [1.29, 1.82) is 0 Å². The molecule has 3 aromatic rings. The molecule has 0 fully saturated rings. The van der Waals surface area contributed by atoms with Gasteiger partial charge in [0.1, 0.15) is 11.3 Å². The van der Waals surface area contributed by atoms with Gasteiger partial charge in [0.05, 0.1) is 10.9 Å². The van der Waals surface area contributed by atoms with E-state index in [0.717, 1.165) is 38.1 Å². The lowest BCUT2D eigenvalue weighted by Crippen LogP contribution is -2.24. The lowest BCUT2D eigenvalue weighted by atomic mass is 10.1. The number of hydrogen-bond donors (Lipinski definition) is 1. The Balaban J connectivity index is 1.75. The molecule has 0 spiro atoms. The van der Waals surface area contributed by atoms with Crippen molar-refractivity contribution < 1.29 is 4.79 Å². The third kappa shape index (κ3) is 2.69. The molecule has 122 valence electrons. The fraction of sp³-hybridized carbons (Fsp3) is 0.312. The van der Waals surface area contributed by atoms with Crippen LogP contribution in [0.25, 0.3) is 10.9 Å². The third-order valence-corrected chi connectivity index (χ3v) is 4.77. The summed E-state index contributed by atoms with van der Waals surface area (Å²) in [5.41, 5.74) is 2.54. The van der Waals surface area contributed by atoms with Crippen LogP contribution in [0.1, 0.15) is 35.4 Å². The van der Waals surface area contributed by atoms with Crippen LogP contribution >= 0.6 is 11.3 Å². The molecule has 0 unspecified atom stereocenters. The summed E-state index contributed by atoms with van der Waals surface area (Å²) in [7, 11) is 0. The maximum atomic E-state index is 12.7. The van der Waals surface area contributed by atoms with Gasteiger partial charge in [-0.3, -0.25) is 19.5 Å². The minimum atomic E-state index is -0.287. The molecule has 0 aliphatic carbocycles. The first kappa shape index (κ1) is 14.9. The van der Waals surface area contributed by atoms with E-state index in [2.05, 4.69) is 20.5 Å². The number of hydrogen-bond acceptors (Lipinski definition) is 6. The smallest absolute Gasteiger partial charge is 0.261 e. The minimum Gasteiger partial charge on any atom is -0.296 e. The quantitative estimate of drug-likeness (QED) is 0.772. The molecule has 3 heterocycles. The fourth-order valence-corrected chi connectivity index (χ4v) is 3.40. The highest BCUT2D eigenvalue weighted by Crippen LogP contribution is 2.17. The largest absolute Gasteiger partial charge is 0.296 e. The van der Waals surface area contributed by atoms with Crippen molar-refractivity contribution in [2.24, 2.45) is 0 Å². The number of aromatic nitrogens is 4. The van der Waals surface area contributed by atoms with E-state index in [1.54, 1.807) is 28.3 Å². The molecular weight excluding hydrogens is 326 g/mol. The summed E-state index contributed by atoms with van der Waals surface area (Å²) in [4.78, 5) is 29.6. The zero-order chi connectivity index (χ0) is 16.5. The van der Waals surface area contributed by atoms with Gasteiger partial charge in [0.25, 0.3) is 11.5 Å². The van der Waals surface area contributed by atoms with Gasteiger partial charge in [-0.2, -0.15) is 0 Å². The summed E-state index contributed by atoms with van der Waals surface area (Å²) in [5.74, 6) is 0.525. The van der Waals surface area contributed by atoms with Gasteiger partial charge in [0, 0.05) is 18.5 Å². The van der Waals surface area contributed by atoms with E-state index < -0.39 is 0 Å². The van der Waals surface area contributed by atoms with Crippen LogP contribution in [0.2, 0.25) is 0 Å². The summed E-state index contributed by atoms with van der Waals surface area (Å²) in [6.07, 6.45) is 3.94. The van der Waals surface area contributed by atoms with Crippen LogP contribution < -0.4 is 10.9 Å². The first-order chi connectivity index (χ1) is 11.7. The molecule has 2 aromatic heterocycles. The molecule has 8 heteroatoms. The van der Waals surface area contributed by atoms with Crippen LogP contribution in [0.3, 0.4) is 0 Å². The summed E-state index contributed by atoms with van der Waals surface area (Å²) >= 11 is 1.25. The minimum absolute atomic E-state index is 0.0204. The molecule has 1 N–H and O–H groups in total. The Kier molecular flexibility index (Phi) is 3.81. The van der Waals surface area contributed by atoms with Crippen LogP contribution in [-0.4, -0.2) is 25.7 Å². The van der Waals surface area contributed by atoms with Crippen molar-refractivity contribution in [2.45, 2.75) is 32.2 Å². The van der Waals surface area contributed by atoms with Gasteiger partial charge < -0.3 is 0 Å². The van der Waals surface area contributed by atoms with E-state index >= 15 is 0 Å². The van der Waals surface area contributed by atoms with E-state index in [1.165, 1.54) is 11.3 Å². The van der Waals surface area contributed by atoms with E-state index in [4.69, 9.17) is 0 Å².